The molecule has 1 saturated heterocycles. The molecule has 5 nitrogen and oxygen atoms in total. The SMILES string of the molecule is COc1cccc(CCNC(=O)c2cncc(N3CCCCC3)c2)c1. The molecule has 0 spiro atoms. The molecule has 1 aromatic carbocycles. The quantitative estimate of drug-likeness (QED) is 0.879. The van der Waals surface area contributed by atoms with E-state index in [9.17, 15) is 4.79 Å². The van der Waals surface area contributed by atoms with E-state index in [1.165, 1.54) is 19.3 Å². The summed E-state index contributed by atoms with van der Waals surface area (Å²) in [5, 5.41) is 2.98. The number of anilines is 1. The van der Waals surface area contributed by atoms with Gasteiger partial charge in [-0.05, 0) is 49.4 Å². The van der Waals surface area contributed by atoms with Crippen LogP contribution in [-0.4, -0.2) is 37.6 Å². The second kappa shape index (κ2) is 8.51. The maximum atomic E-state index is 12.4. The van der Waals surface area contributed by atoms with E-state index in [2.05, 4.69) is 15.2 Å². The van der Waals surface area contributed by atoms with Crippen molar-refractivity contribution >= 4 is 11.6 Å². The zero-order chi connectivity index (χ0) is 17.5. The molecule has 1 aromatic heterocycles. The van der Waals surface area contributed by atoms with Gasteiger partial charge in [0, 0.05) is 25.8 Å². The number of piperidine rings is 1. The van der Waals surface area contributed by atoms with Gasteiger partial charge in [-0.15, -0.1) is 0 Å². The van der Waals surface area contributed by atoms with E-state index in [4.69, 9.17) is 4.74 Å². The molecule has 132 valence electrons. The highest BCUT2D eigenvalue weighted by molar-refractivity contribution is 5.94. The van der Waals surface area contributed by atoms with Crippen LogP contribution in [0, 0.1) is 0 Å². The maximum Gasteiger partial charge on any atom is 0.252 e. The van der Waals surface area contributed by atoms with Gasteiger partial charge < -0.3 is 15.0 Å². The predicted molar refractivity (Wildman–Crippen MR) is 99.3 cm³/mol. The molecule has 1 N–H and O–H groups in total. The van der Waals surface area contributed by atoms with Crippen LogP contribution in [0.5, 0.6) is 5.75 Å². The summed E-state index contributed by atoms with van der Waals surface area (Å²) in [6.45, 7) is 2.67. The van der Waals surface area contributed by atoms with Crippen molar-refractivity contribution in [3.63, 3.8) is 0 Å². The summed E-state index contributed by atoms with van der Waals surface area (Å²) in [6.07, 6.45) is 7.94. The molecule has 2 heterocycles. The fraction of sp³-hybridized carbons (Fsp3) is 0.400. The van der Waals surface area contributed by atoms with Crippen LogP contribution in [0.4, 0.5) is 5.69 Å². The minimum absolute atomic E-state index is 0.0748. The number of hydrogen-bond acceptors (Lipinski definition) is 4. The van der Waals surface area contributed by atoms with E-state index in [0.717, 1.165) is 36.5 Å². The van der Waals surface area contributed by atoms with E-state index >= 15 is 0 Å². The van der Waals surface area contributed by atoms with E-state index in [1.54, 1.807) is 13.3 Å². The number of aromatic nitrogens is 1. The Bertz CT molecular complexity index is 712. The van der Waals surface area contributed by atoms with Gasteiger partial charge in [0.25, 0.3) is 5.91 Å². The summed E-state index contributed by atoms with van der Waals surface area (Å²) >= 11 is 0. The molecule has 3 rings (SSSR count). The normalized spacial score (nSPS) is 14.2. The molecule has 25 heavy (non-hydrogen) atoms. The fourth-order valence-electron chi connectivity index (χ4n) is 3.13. The first kappa shape index (κ1) is 17.3. The summed E-state index contributed by atoms with van der Waals surface area (Å²) in [5.41, 5.74) is 2.80. The van der Waals surface area contributed by atoms with Crippen molar-refractivity contribution in [2.24, 2.45) is 0 Å². The number of rotatable bonds is 6. The van der Waals surface area contributed by atoms with Crippen molar-refractivity contribution in [3.05, 3.63) is 53.9 Å². The average molecular weight is 339 g/mol. The van der Waals surface area contributed by atoms with Crippen molar-refractivity contribution in [2.45, 2.75) is 25.7 Å². The molecular weight excluding hydrogens is 314 g/mol. The number of carbonyl (C=O) groups is 1. The third-order valence-electron chi connectivity index (χ3n) is 4.54. The Morgan fingerprint density at radius 3 is 2.84 bits per heavy atom. The smallest absolute Gasteiger partial charge is 0.252 e. The number of methoxy groups -OCH3 is 1. The molecule has 0 atom stereocenters. The molecule has 5 heteroatoms. The van der Waals surface area contributed by atoms with Gasteiger partial charge >= 0.3 is 0 Å². The van der Waals surface area contributed by atoms with Gasteiger partial charge in [-0.1, -0.05) is 12.1 Å². The zero-order valence-corrected chi connectivity index (χ0v) is 14.7. The number of pyridine rings is 1. The molecular formula is C20H25N3O2. The Morgan fingerprint density at radius 2 is 2.04 bits per heavy atom. The van der Waals surface area contributed by atoms with Gasteiger partial charge in [-0.25, -0.2) is 0 Å². The van der Waals surface area contributed by atoms with Crippen molar-refractivity contribution in [1.29, 1.82) is 0 Å². The Morgan fingerprint density at radius 1 is 1.20 bits per heavy atom. The molecule has 0 radical (unpaired) electrons. The lowest BCUT2D eigenvalue weighted by Gasteiger charge is -2.28. The van der Waals surface area contributed by atoms with Crippen LogP contribution in [0.1, 0.15) is 35.2 Å². The van der Waals surface area contributed by atoms with Crippen molar-refractivity contribution in [1.82, 2.24) is 10.3 Å². The molecule has 1 fully saturated rings. The van der Waals surface area contributed by atoms with Crippen LogP contribution in [0.2, 0.25) is 0 Å². The van der Waals surface area contributed by atoms with E-state index in [-0.39, 0.29) is 5.91 Å². The summed E-state index contributed by atoms with van der Waals surface area (Å²) in [4.78, 5) is 19.0. The van der Waals surface area contributed by atoms with E-state index in [1.807, 2.05) is 36.5 Å². The van der Waals surface area contributed by atoms with Crippen LogP contribution in [0.3, 0.4) is 0 Å². The fourth-order valence-corrected chi connectivity index (χ4v) is 3.13. The van der Waals surface area contributed by atoms with E-state index in [0.29, 0.717) is 12.1 Å². The van der Waals surface area contributed by atoms with Gasteiger partial charge in [0.15, 0.2) is 0 Å². The van der Waals surface area contributed by atoms with Crippen LogP contribution in [0.25, 0.3) is 0 Å². The molecule has 0 bridgehead atoms. The number of benzene rings is 1. The number of nitrogens with one attached hydrogen (secondary N) is 1. The van der Waals surface area contributed by atoms with Gasteiger partial charge in [0.2, 0.25) is 0 Å². The van der Waals surface area contributed by atoms with Crippen molar-refractivity contribution < 1.29 is 9.53 Å². The largest absolute Gasteiger partial charge is 0.497 e. The molecule has 0 aliphatic carbocycles. The summed E-state index contributed by atoms with van der Waals surface area (Å²) < 4.78 is 5.22. The van der Waals surface area contributed by atoms with Crippen LogP contribution in [-0.2, 0) is 6.42 Å². The summed E-state index contributed by atoms with van der Waals surface area (Å²) in [6, 6.07) is 9.85. The lowest BCUT2D eigenvalue weighted by molar-refractivity contribution is 0.0954. The van der Waals surface area contributed by atoms with Crippen molar-refractivity contribution in [2.75, 3.05) is 31.6 Å². The number of nitrogens with zero attached hydrogens (tertiary/aromatic N) is 2. The first-order valence-electron chi connectivity index (χ1n) is 8.87. The zero-order valence-electron chi connectivity index (χ0n) is 14.7. The Hall–Kier alpha value is -2.56. The summed E-state index contributed by atoms with van der Waals surface area (Å²) in [7, 11) is 1.66. The molecule has 0 unspecified atom stereocenters. The average Bonchev–Trinajstić information content (AvgIpc) is 2.69. The number of hydrogen-bond donors (Lipinski definition) is 1. The van der Waals surface area contributed by atoms with Crippen molar-refractivity contribution in [3.8, 4) is 5.75 Å². The monoisotopic (exact) mass is 339 g/mol. The first-order valence-corrected chi connectivity index (χ1v) is 8.87. The highest BCUT2D eigenvalue weighted by Crippen LogP contribution is 2.19. The molecule has 1 aliphatic rings. The Labute approximate surface area is 149 Å². The second-order valence-corrected chi connectivity index (χ2v) is 6.34. The predicted octanol–water partition coefficient (Wildman–Crippen LogP) is 3.05. The number of ether oxygens (including phenoxy) is 1. The standard InChI is InChI=1S/C20H25N3O2/c1-25-19-7-5-6-16(12-19)8-9-22-20(24)17-13-18(15-21-14-17)23-10-3-2-4-11-23/h5-7,12-15H,2-4,8-11H2,1H3,(H,22,24). The molecule has 0 saturated carbocycles. The third-order valence-corrected chi connectivity index (χ3v) is 4.54. The van der Waals surface area contributed by atoms with E-state index < -0.39 is 0 Å². The minimum Gasteiger partial charge on any atom is -0.497 e. The van der Waals surface area contributed by atoms with Gasteiger partial charge in [-0.3, -0.25) is 9.78 Å². The summed E-state index contributed by atoms with van der Waals surface area (Å²) in [5.74, 6) is 0.761. The minimum atomic E-state index is -0.0748. The van der Waals surface area contributed by atoms with Gasteiger partial charge in [0.05, 0.1) is 24.6 Å². The number of amides is 1. The number of carbonyl (C=O) groups excluding carboxylic acids is 1. The third kappa shape index (κ3) is 4.72. The Balaban J connectivity index is 1.55. The lowest BCUT2D eigenvalue weighted by atomic mass is 10.1. The van der Waals surface area contributed by atoms with Crippen LogP contribution >= 0.6 is 0 Å². The second-order valence-electron chi connectivity index (χ2n) is 6.34. The first-order chi connectivity index (χ1) is 12.3. The molecule has 2 aromatic rings. The highest BCUT2D eigenvalue weighted by Gasteiger charge is 2.13. The van der Waals surface area contributed by atoms with Crippen LogP contribution in [0.15, 0.2) is 42.7 Å². The van der Waals surface area contributed by atoms with Gasteiger partial charge in [-0.2, -0.15) is 0 Å². The topological polar surface area (TPSA) is 54.5 Å². The maximum absolute atomic E-state index is 12.4. The highest BCUT2D eigenvalue weighted by atomic mass is 16.5. The van der Waals surface area contributed by atoms with Gasteiger partial charge in [0.1, 0.15) is 5.75 Å². The Kier molecular flexibility index (Phi) is 5.88. The lowest BCUT2D eigenvalue weighted by Crippen LogP contribution is -2.30. The molecule has 1 aliphatic heterocycles. The molecule has 1 amide bonds. The van der Waals surface area contributed by atoms with Crippen LogP contribution < -0.4 is 15.0 Å².